The van der Waals surface area contributed by atoms with Crippen molar-refractivity contribution < 1.29 is 29.7 Å². The summed E-state index contributed by atoms with van der Waals surface area (Å²) >= 11 is 0. The van der Waals surface area contributed by atoms with E-state index in [1.54, 1.807) is 32.2 Å². The van der Waals surface area contributed by atoms with Gasteiger partial charge in [-0.05, 0) is 44.5 Å². The maximum Gasteiger partial charge on any atom is 0.251 e. The molecular weight excluding hydrogens is 546 g/mol. The van der Waals surface area contributed by atoms with Gasteiger partial charge in [-0.25, -0.2) is 19.9 Å². The molecule has 2 heterocycles. The van der Waals surface area contributed by atoms with E-state index >= 15 is 0 Å². The molecule has 1 atom stereocenters. The first-order chi connectivity index (χ1) is 20.0. The molecule has 0 aliphatic rings. The fraction of sp³-hybridized carbons (Fsp3) is 0.444. The number of nitrogens with zero attached hydrogens (tertiary/aromatic N) is 5. The number of aryl methyl sites for hydroxylation is 1. The van der Waals surface area contributed by atoms with Crippen molar-refractivity contribution in [3.8, 4) is 0 Å². The van der Waals surface area contributed by atoms with Crippen LogP contribution in [0.2, 0.25) is 0 Å². The highest BCUT2D eigenvalue weighted by Gasteiger charge is 2.29. The Morgan fingerprint density at radius 3 is 2.33 bits per heavy atom. The van der Waals surface area contributed by atoms with Gasteiger partial charge < -0.3 is 41.9 Å². The smallest absolute Gasteiger partial charge is 0.251 e. The average Bonchev–Trinajstić information content (AvgIpc) is 2.98. The van der Waals surface area contributed by atoms with Crippen LogP contribution in [-0.4, -0.2) is 98.0 Å². The first-order valence-electron chi connectivity index (χ1n) is 13.3. The summed E-state index contributed by atoms with van der Waals surface area (Å²) in [6, 6.07) is 6.70. The summed E-state index contributed by atoms with van der Waals surface area (Å²) in [5.41, 5.74) is 7.27. The Kier molecular flexibility index (Phi) is 11.0. The fourth-order valence-corrected chi connectivity index (χ4v) is 3.96. The van der Waals surface area contributed by atoms with E-state index in [9.17, 15) is 29.7 Å². The second-order valence-corrected chi connectivity index (χ2v) is 10.1. The maximum absolute atomic E-state index is 12.7. The van der Waals surface area contributed by atoms with Gasteiger partial charge in [0.25, 0.3) is 5.91 Å². The van der Waals surface area contributed by atoms with E-state index in [1.165, 1.54) is 0 Å². The number of anilines is 2. The number of aromatic nitrogens is 4. The lowest BCUT2D eigenvalue weighted by Gasteiger charge is -2.28. The first kappa shape index (κ1) is 32.0. The van der Waals surface area contributed by atoms with Crippen LogP contribution in [0.25, 0.3) is 11.2 Å². The van der Waals surface area contributed by atoms with Crippen LogP contribution in [0, 0.1) is 6.92 Å². The molecule has 1 aromatic carbocycles. The number of rotatable bonds is 14. The Balaban J connectivity index is 1.45. The Morgan fingerprint density at radius 2 is 1.69 bits per heavy atom. The van der Waals surface area contributed by atoms with Gasteiger partial charge in [0.15, 0.2) is 17.0 Å². The summed E-state index contributed by atoms with van der Waals surface area (Å²) in [6.45, 7) is 1.56. The molecule has 15 heteroatoms. The van der Waals surface area contributed by atoms with Crippen LogP contribution in [0.1, 0.15) is 41.6 Å². The van der Waals surface area contributed by atoms with Crippen molar-refractivity contribution in [2.45, 2.75) is 44.8 Å². The van der Waals surface area contributed by atoms with Crippen molar-refractivity contribution in [2.24, 2.45) is 0 Å². The van der Waals surface area contributed by atoms with Crippen LogP contribution in [0.3, 0.4) is 0 Å². The molecule has 3 amide bonds. The second-order valence-electron chi connectivity index (χ2n) is 10.1. The van der Waals surface area contributed by atoms with E-state index in [-0.39, 0.29) is 24.2 Å². The van der Waals surface area contributed by atoms with E-state index in [0.717, 1.165) is 5.69 Å². The minimum Gasteiger partial charge on any atom is -0.394 e. The molecule has 8 N–H and O–H groups in total. The lowest BCUT2D eigenvalue weighted by Crippen LogP contribution is -2.58. The number of amides is 3. The molecule has 0 spiro atoms. The average molecular weight is 584 g/mol. The van der Waals surface area contributed by atoms with Gasteiger partial charge in [-0.2, -0.15) is 0 Å². The summed E-state index contributed by atoms with van der Waals surface area (Å²) < 4.78 is 0. The molecule has 226 valence electrons. The minimum absolute atomic E-state index is 0.0542. The minimum atomic E-state index is -1.57. The normalized spacial score (nSPS) is 12.0. The van der Waals surface area contributed by atoms with Crippen LogP contribution in [0.15, 0.2) is 30.5 Å². The number of benzene rings is 1. The number of hydrogen-bond acceptors (Lipinski definition) is 12. The van der Waals surface area contributed by atoms with Gasteiger partial charge in [-0.1, -0.05) is 0 Å². The molecule has 3 rings (SSSR count). The topological polar surface area (TPSA) is 229 Å². The zero-order chi connectivity index (χ0) is 30.9. The first-order valence-corrected chi connectivity index (χ1v) is 13.3. The molecule has 0 bridgehead atoms. The highest BCUT2D eigenvalue weighted by molar-refractivity contribution is 5.94. The Hall–Kier alpha value is -4.47. The number of nitrogens with two attached hydrogens (primary N) is 1. The number of carbonyl (C=O) groups excluding carboxylic acids is 3. The molecule has 0 radical (unpaired) electrons. The molecule has 15 nitrogen and oxygen atoms in total. The van der Waals surface area contributed by atoms with Crippen molar-refractivity contribution in [3.05, 3.63) is 47.5 Å². The second kappa shape index (κ2) is 14.4. The summed E-state index contributed by atoms with van der Waals surface area (Å²) in [5.74, 6) is -0.583. The predicted octanol–water partition coefficient (Wildman–Crippen LogP) is -1.21. The molecule has 0 aliphatic carbocycles. The monoisotopic (exact) mass is 583 g/mol. The molecule has 42 heavy (non-hydrogen) atoms. The predicted molar refractivity (Wildman–Crippen MR) is 154 cm³/mol. The molecule has 3 aromatic rings. The van der Waals surface area contributed by atoms with E-state index in [2.05, 4.69) is 35.9 Å². The van der Waals surface area contributed by atoms with Crippen LogP contribution in [-0.2, 0) is 16.1 Å². The summed E-state index contributed by atoms with van der Waals surface area (Å²) in [5, 5.41) is 35.4. The van der Waals surface area contributed by atoms with Crippen molar-refractivity contribution >= 4 is 40.4 Å². The number of hydrogen-bond donors (Lipinski definition) is 7. The van der Waals surface area contributed by atoms with Gasteiger partial charge in [-0.15, -0.1) is 0 Å². The number of nitrogens with one attached hydrogen (secondary N) is 3. The number of aliphatic hydroxyl groups is 3. The quantitative estimate of drug-likeness (QED) is 0.119. The number of nitrogen functional groups attached to an aromatic ring is 1. The van der Waals surface area contributed by atoms with Gasteiger partial charge in [0.05, 0.1) is 44.8 Å². The highest BCUT2D eigenvalue weighted by Crippen LogP contribution is 2.18. The van der Waals surface area contributed by atoms with Gasteiger partial charge in [0.2, 0.25) is 11.8 Å². The Morgan fingerprint density at radius 1 is 1.02 bits per heavy atom. The lowest BCUT2D eigenvalue weighted by atomic mass is 10.0. The van der Waals surface area contributed by atoms with E-state index in [1.807, 2.05) is 24.1 Å². The largest absolute Gasteiger partial charge is 0.394 e. The Bertz CT molecular complexity index is 1390. The molecule has 2 aromatic heterocycles. The SMILES string of the molecule is Cc1nc(N)c2nc(CN(C)c3ccc(C(=O)N[C@H](C)CCC(=O)NCC(=O)NC(CO)(CO)CO)cc3)cnc2n1. The van der Waals surface area contributed by atoms with Crippen LogP contribution in [0.4, 0.5) is 11.5 Å². The molecule has 0 fully saturated rings. The third-order valence-electron chi connectivity index (χ3n) is 6.51. The van der Waals surface area contributed by atoms with Gasteiger partial charge in [0.1, 0.15) is 11.4 Å². The van der Waals surface area contributed by atoms with Gasteiger partial charge >= 0.3 is 0 Å². The molecule has 0 saturated heterocycles. The van der Waals surface area contributed by atoms with Crippen molar-refractivity contribution in [2.75, 3.05) is 44.0 Å². The highest BCUT2D eigenvalue weighted by atomic mass is 16.3. The third-order valence-corrected chi connectivity index (χ3v) is 6.51. The number of carbonyl (C=O) groups is 3. The van der Waals surface area contributed by atoms with Crippen molar-refractivity contribution in [1.29, 1.82) is 0 Å². The lowest BCUT2D eigenvalue weighted by molar-refractivity contribution is -0.128. The maximum atomic E-state index is 12.7. The molecular formula is C27H37N9O6. The zero-order valence-electron chi connectivity index (χ0n) is 23.8. The summed E-state index contributed by atoms with van der Waals surface area (Å²) in [7, 11) is 1.88. The van der Waals surface area contributed by atoms with Crippen molar-refractivity contribution in [3.63, 3.8) is 0 Å². The molecule has 0 saturated carbocycles. The summed E-state index contributed by atoms with van der Waals surface area (Å²) in [6.07, 6.45) is 2.02. The van der Waals surface area contributed by atoms with Crippen molar-refractivity contribution in [1.82, 2.24) is 35.9 Å². The van der Waals surface area contributed by atoms with Gasteiger partial charge in [-0.3, -0.25) is 14.4 Å². The number of fused-ring (bicyclic) bond motifs is 1. The fourth-order valence-electron chi connectivity index (χ4n) is 3.96. The van der Waals surface area contributed by atoms with Crippen LogP contribution >= 0.6 is 0 Å². The zero-order valence-corrected chi connectivity index (χ0v) is 23.8. The Labute approximate surface area is 242 Å². The third kappa shape index (κ3) is 8.52. The van der Waals surface area contributed by atoms with Crippen LogP contribution in [0.5, 0.6) is 0 Å². The standard InChI is InChI=1S/C27H37N9O6/c1-16(4-9-21(40)29-11-22(41)35-27(13-37,14-38)15-39)31-26(42)18-5-7-20(8-6-18)36(3)12-19-10-30-25-23(34-19)24(28)32-17(2)33-25/h5-8,10,16,37-39H,4,9,11-15H2,1-3H3,(H,29,40)(H,31,42)(H,35,41)(H2,28,30,32,33)/t16-/m1/s1. The summed E-state index contributed by atoms with van der Waals surface area (Å²) in [4.78, 5) is 56.0. The van der Waals surface area contributed by atoms with E-state index in [4.69, 9.17) is 5.73 Å². The van der Waals surface area contributed by atoms with Gasteiger partial charge in [0, 0.05) is 30.8 Å². The molecule has 0 aliphatic heterocycles. The van der Waals surface area contributed by atoms with E-state index < -0.39 is 43.7 Å². The number of aliphatic hydroxyl groups excluding tert-OH is 3. The molecule has 0 unspecified atom stereocenters. The van der Waals surface area contributed by atoms with E-state index in [0.29, 0.717) is 41.2 Å². The van der Waals surface area contributed by atoms with Crippen LogP contribution < -0.4 is 26.6 Å².